The Morgan fingerprint density at radius 1 is 1.33 bits per heavy atom. The first kappa shape index (κ1) is 15.6. The van der Waals surface area contributed by atoms with E-state index in [1.165, 1.54) is 4.31 Å². The van der Waals surface area contributed by atoms with Gasteiger partial charge >= 0.3 is 0 Å². The fraction of sp³-hybridized carbons (Fsp3) is 0.500. The Balaban J connectivity index is 2.01. The number of hydrogen-bond donors (Lipinski definition) is 1. The highest BCUT2D eigenvalue weighted by Crippen LogP contribution is 2.28. The monoisotopic (exact) mass is 312 g/mol. The Morgan fingerprint density at radius 2 is 1.95 bits per heavy atom. The first-order valence-electron chi connectivity index (χ1n) is 6.81. The number of nitrogens with zero attached hydrogens (tertiary/aromatic N) is 1. The standard InChI is InChI=1S/C14H20N2O4S/c1-20-13-7-5-12(6-8-13)16(21(2,18)19)10-9-15-14(17)11-3-4-11/h5-8,11H,3-4,9-10H2,1-2H3,(H,15,17). The maximum atomic E-state index is 11.9. The van der Waals surface area contributed by atoms with E-state index >= 15 is 0 Å². The van der Waals surface area contributed by atoms with Gasteiger partial charge in [-0.15, -0.1) is 0 Å². The average molecular weight is 312 g/mol. The van der Waals surface area contributed by atoms with E-state index in [1.54, 1.807) is 31.4 Å². The smallest absolute Gasteiger partial charge is 0.232 e. The van der Waals surface area contributed by atoms with E-state index < -0.39 is 10.0 Å². The maximum Gasteiger partial charge on any atom is 0.232 e. The maximum absolute atomic E-state index is 11.9. The third kappa shape index (κ3) is 4.35. The number of carbonyl (C=O) groups is 1. The summed E-state index contributed by atoms with van der Waals surface area (Å²) in [4.78, 5) is 11.6. The Hall–Kier alpha value is -1.76. The molecule has 0 atom stereocenters. The Kier molecular flexibility index (Phi) is 4.72. The third-order valence-corrected chi connectivity index (χ3v) is 4.52. The topological polar surface area (TPSA) is 75.7 Å². The SMILES string of the molecule is COc1ccc(N(CCNC(=O)C2CC2)S(C)(=O)=O)cc1. The highest BCUT2D eigenvalue weighted by atomic mass is 32.2. The van der Waals surface area contributed by atoms with E-state index in [2.05, 4.69) is 5.32 Å². The van der Waals surface area contributed by atoms with Gasteiger partial charge in [-0.2, -0.15) is 0 Å². The first-order valence-corrected chi connectivity index (χ1v) is 8.66. The molecule has 1 fully saturated rings. The molecule has 1 aromatic rings. The van der Waals surface area contributed by atoms with Crippen LogP contribution in [-0.2, 0) is 14.8 Å². The number of hydrogen-bond acceptors (Lipinski definition) is 4. The normalized spacial score (nSPS) is 14.6. The molecule has 6 nitrogen and oxygen atoms in total. The van der Waals surface area contributed by atoms with Crippen LogP contribution in [0.3, 0.4) is 0 Å². The number of sulfonamides is 1. The second-order valence-corrected chi connectivity index (χ2v) is 7.01. The summed E-state index contributed by atoms with van der Waals surface area (Å²) in [5.41, 5.74) is 0.555. The zero-order valence-electron chi connectivity index (χ0n) is 12.2. The summed E-state index contributed by atoms with van der Waals surface area (Å²) >= 11 is 0. The van der Waals surface area contributed by atoms with E-state index in [0.29, 0.717) is 18.0 Å². The molecule has 0 spiro atoms. The van der Waals surface area contributed by atoms with Gasteiger partial charge in [0, 0.05) is 12.5 Å². The first-order chi connectivity index (χ1) is 9.91. The molecule has 116 valence electrons. The number of ether oxygens (including phenoxy) is 1. The Bertz CT molecular complexity index is 594. The minimum absolute atomic E-state index is 0.0122. The predicted molar refractivity (Wildman–Crippen MR) is 80.9 cm³/mol. The zero-order chi connectivity index (χ0) is 15.5. The second-order valence-electron chi connectivity index (χ2n) is 5.10. The van der Waals surface area contributed by atoms with E-state index in [-0.39, 0.29) is 18.4 Å². The molecule has 0 aliphatic heterocycles. The highest BCUT2D eigenvalue weighted by molar-refractivity contribution is 7.92. The highest BCUT2D eigenvalue weighted by Gasteiger charge is 2.29. The van der Waals surface area contributed by atoms with E-state index in [1.807, 2.05) is 0 Å². The van der Waals surface area contributed by atoms with E-state index in [9.17, 15) is 13.2 Å². The van der Waals surface area contributed by atoms with Crippen LogP contribution in [0.2, 0.25) is 0 Å². The lowest BCUT2D eigenvalue weighted by molar-refractivity contribution is -0.122. The molecule has 21 heavy (non-hydrogen) atoms. The lowest BCUT2D eigenvalue weighted by Gasteiger charge is -2.22. The van der Waals surface area contributed by atoms with Crippen molar-refractivity contribution in [3.63, 3.8) is 0 Å². The quantitative estimate of drug-likeness (QED) is 0.814. The number of benzene rings is 1. The molecule has 2 rings (SSSR count). The van der Waals surface area contributed by atoms with Crippen molar-refractivity contribution in [1.82, 2.24) is 5.32 Å². The molecule has 1 amide bonds. The fourth-order valence-electron chi connectivity index (χ4n) is 2.01. The zero-order valence-corrected chi connectivity index (χ0v) is 13.0. The van der Waals surface area contributed by atoms with Gasteiger partial charge in [-0.25, -0.2) is 8.42 Å². The molecule has 0 bridgehead atoms. The molecule has 1 aliphatic rings. The number of anilines is 1. The molecule has 0 radical (unpaired) electrons. The van der Waals surface area contributed by atoms with Gasteiger partial charge in [0.1, 0.15) is 5.75 Å². The van der Waals surface area contributed by atoms with Crippen LogP contribution in [-0.4, -0.2) is 40.8 Å². The minimum Gasteiger partial charge on any atom is -0.497 e. The summed E-state index contributed by atoms with van der Waals surface area (Å²) in [7, 11) is -1.85. The van der Waals surface area contributed by atoms with Crippen LogP contribution >= 0.6 is 0 Å². The summed E-state index contributed by atoms with van der Waals surface area (Å²) < 4.78 is 30.1. The van der Waals surface area contributed by atoms with Gasteiger partial charge in [0.25, 0.3) is 0 Å². The van der Waals surface area contributed by atoms with Gasteiger partial charge < -0.3 is 10.1 Å². The molecule has 1 saturated carbocycles. The van der Waals surface area contributed by atoms with Crippen molar-refractivity contribution in [2.45, 2.75) is 12.8 Å². The van der Waals surface area contributed by atoms with Gasteiger partial charge in [-0.05, 0) is 37.1 Å². The third-order valence-electron chi connectivity index (χ3n) is 3.32. The van der Waals surface area contributed by atoms with Crippen LogP contribution in [0.5, 0.6) is 5.75 Å². The molecule has 1 aromatic carbocycles. The summed E-state index contributed by atoms with van der Waals surface area (Å²) in [6, 6.07) is 6.78. The summed E-state index contributed by atoms with van der Waals surface area (Å²) in [6.45, 7) is 0.512. The van der Waals surface area contributed by atoms with Gasteiger partial charge in [-0.1, -0.05) is 0 Å². The summed E-state index contributed by atoms with van der Waals surface area (Å²) in [5, 5.41) is 2.77. The predicted octanol–water partition coefficient (Wildman–Crippen LogP) is 0.987. The number of rotatable bonds is 7. The molecule has 0 aromatic heterocycles. The van der Waals surface area contributed by atoms with Crippen molar-refractivity contribution in [2.75, 3.05) is 30.8 Å². The van der Waals surface area contributed by atoms with Crippen LogP contribution in [0.15, 0.2) is 24.3 Å². The molecule has 1 aliphatic carbocycles. The van der Waals surface area contributed by atoms with Crippen molar-refractivity contribution >= 4 is 21.6 Å². The Labute approximate surface area is 125 Å². The van der Waals surface area contributed by atoms with Crippen LogP contribution in [0.1, 0.15) is 12.8 Å². The number of nitrogens with one attached hydrogen (secondary N) is 1. The van der Waals surface area contributed by atoms with Gasteiger partial charge in [-0.3, -0.25) is 9.10 Å². The molecular formula is C14H20N2O4S. The van der Waals surface area contributed by atoms with Crippen molar-refractivity contribution in [2.24, 2.45) is 5.92 Å². The molecule has 0 unspecified atom stereocenters. The van der Waals surface area contributed by atoms with Crippen molar-refractivity contribution in [3.05, 3.63) is 24.3 Å². The van der Waals surface area contributed by atoms with Crippen LogP contribution in [0.4, 0.5) is 5.69 Å². The van der Waals surface area contributed by atoms with Crippen LogP contribution in [0.25, 0.3) is 0 Å². The second kappa shape index (κ2) is 6.34. The number of carbonyl (C=O) groups excluding carboxylic acids is 1. The number of methoxy groups -OCH3 is 1. The fourth-order valence-corrected chi connectivity index (χ4v) is 2.93. The summed E-state index contributed by atoms with van der Waals surface area (Å²) in [5.74, 6) is 0.796. The lowest BCUT2D eigenvalue weighted by Crippen LogP contribution is -2.38. The lowest BCUT2D eigenvalue weighted by atomic mass is 10.3. The van der Waals surface area contributed by atoms with E-state index in [0.717, 1.165) is 19.1 Å². The van der Waals surface area contributed by atoms with Gasteiger partial charge in [0.05, 0.1) is 25.6 Å². The average Bonchev–Trinajstić information content (AvgIpc) is 3.27. The molecule has 7 heteroatoms. The van der Waals surface area contributed by atoms with Crippen molar-refractivity contribution < 1.29 is 17.9 Å². The largest absolute Gasteiger partial charge is 0.497 e. The van der Waals surface area contributed by atoms with Crippen LogP contribution in [0, 0.1) is 5.92 Å². The van der Waals surface area contributed by atoms with Crippen molar-refractivity contribution in [3.8, 4) is 5.75 Å². The van der Waals surface area contributed by atoms with Crippen LogP contribution < -0.4 is 14.4 Å². The van der Waals surface area contributed by atoms with Gasteiger partial charge in [0.2, 0.25) is 15.9 Å². The molecule has 0 saturated heterocycles. The molecular weight excluding hydrogens is 292 g/mol. The molecule has 0 heterocycles. The minimum atomic E-state index is -3.40. The van der Waals surface area contributed by atoms with E-state index in [4.69, 9.17) is 4.74 Å². The van der Waals surface area contributed by atoms with Crippen molar-refractivity contribution in [1.29, 1.82) is 0 Å². The Morgan fingerprint density at radius 3 is 2.43 bits per heavy atom. The summed E-state index contributed by atoms with van der Waals surface area (Å²) in [6.07, 6.45) is 3.01. The molecule has 1 N–H and O–H groups in total. The number of amides is 1. The van der Waals surface area contributed by atoms with Gasteiger partial charge in [0.15, 0.2) is 0 Å².